The molecule has 1 aliphatic heterocycles. The van der Waals surface area contributed by atoms with Crippen molar-refractivity contribution in [2.75, 3.05) is 18.0 Å². The lowest BCUT2D eigenvalue weighted by atomic mass is 9.87. The summed E-state index contributed by atoms with van der Waals surface area (Å²) >= 11 is 0. The molecule has 27 heavy (non-hydrogen) atoms. The number of amides is 1. The Labute approximate surface area is 162 Å². The van der Waals surface area contributed by atoms with Gasteiger partial charge in [-0.1, -0.05) is 5.16 Å². The summed E-state index contributed by atoms with van der Waals surface area (Å²) in [4.78, 5) is 26.4. The number of nitrogens with two attached hydrogens (primary N) is 1. The normalized spacial score (nSPS) is 16.1. The van der Waals surface area contributed by atoms with Crippen LogP contribution < -0.4 is 16.0 Å². The second kappa shape index (κ2) is 7.53. The van der Waals surface area contributed by atoms with Gasteiger partial charge in [0.1, 0.15) is 29.2 Å². The molecule has 4 heterocycles. The smallest absolute Gasteiger partial charge is 0.240 e. The van der Waals surface area contributed by atoms with E-state index in [2.05, 4.69) is 30.3 Å². The van der Waals surface area contributed by atoms with Crippen molar-refractivity contribution in [3.8, 4) is 0 Å². The third kappa shape index (κ3) is 3.74. The first kappa shape index (κ1) is 19.1. The third-order valence-corrected chi connectivity index (χ3v) is 4.85. The molecule has 0 radical (unpaired) electrons. The first-order chi connectivity index (χ1) is 12.5. The molecule has 1 saturated heterocycles. The molecule has 0 bridgehead atoms. The highest BCUT2D eigenvalue weighted by Gasteiger charge is 2.38. The van der Waals surface area contributed by atoms with Gasteiger partial charge in [0.25, 0.3) is 0 Å². The predicted octanol–water partition coefficient (Wildman–Crippen LogP) is 1.29. The van der Waals surface area contributed by atoms with E-state index >= 15 is 0 Å². The molecule has 3 aromatic rings. The van der Waals surface area contributed by atoms with Crippen LogP contribution in [0.2, 0.25) is 0 Å². The number of aromatic amines is 1. The molecule has 0 unspecified atom stereocenters. The van der Waals surface area contributed by atoms with Gasteiger partial charge in [0, 0.05) is 25.4 Å². The van der Waals surface area contributed by atoms with Gasteiger partial charge in [-0.05, 0) is 25.8 Å². The van der Waals surface area contributed by atoms with Gasteiger partial charge in [-0.2, -0.15) is 0 Å². The number of hydrogen-bond acceptors (Lipinski definition) is 7. The number of fused-ring (bicyclic) bond motifs is 1. The summed E-state index contributed by atoms with van der Waals surface area (Å²) in [6.45, 7) is 3.44. The van der Waals surface area contributed by atoms with Gasteiger partial charge in [-0.15, -0.1) is 12.4 Å². The number of carbonyl (C=O) groups excluding carboxylic acids is 1. The molecule has 10 heteroatoms. The maximum Gasteiger partial charge on any atom is 0.240 e. The van der Waals surface area contributed by atoms with Crippen LogP contribution in [0.5, 0.6) is 0 Å². The average Bonchev–Trinajstić information content (AvgIpc) is 3.28. The number of anilines is 1. The molecule has 0 aliphatic carbocycles. The van der Waals surface area contributed by atoms with E-state index in [9.17, 15) is 4.79 Å². The van der Waals surface area contributed by atoms with Crippen LogP contribution >= 0.6 is 12.4 Å². The van der Waals surface area contributed by atoms with Gasteiger partial charge in [0.15, 0.2) is 0 Å². The average molecular weight is 392 g/mol. The minimum Gasteiger partial charge on any atom is -0.361 e. The Balaban J connectivity index is 0.00000210. The van der Waals surface area contributed by atoms with Crippen LogP contribution in [0, 0.1) is 6.92 Å². The Morgan fingerprint density at radius 1 is 1.41 bits per heavy atom. The number of aromatic nitrogens is 4. The first-order valence-electron chi connectivity index (χ1n) is 8.58. The third-order valence-electron chi connectivity index (χ3n) is 4.85. The zero-order chi connectivity index (χ0) is 18.1. The van der Waals surface area contributed by atoms with Gasteiger partial charge in [0.2, 0.25) is 5.91 Å². The van der Waals surface area contributed by atoms with E-state index in [1.165, 1.54) is 0 Å². The molecule has 1 fully saturated rings. The topological polar surface area (TPSA) is 126 Å². The number of H-pyrrole nitrogens is 1. The number of aryl methyl sites for hydroxylation is 1. The van der Waals surface area contributed by atoms with Crippen LogP contribution in [-0.4, -0.2) is 44.6 Å². The lowest BCUT2D eigenvalue weighted by Gasteiger charge is -2.38. The summed E-state index contributed by atoms with van der Waals surface area (Å²) < 4.78 is 5.01. The van der Waals surface area contributed by atoms with Crippen molar-refractivity contribution in [1.29, 1.82) is 0 Å². The minimum atomic E-state index is -0.889. The monoisotopic (exact) mass is 391 g/mol. The molecule has 144 valence electrons. The summed E-state index contributed by atoms with van der Waals surface area (Å²) in [5.41, 5.74) is 6.99. The quantitative estimate of drug-likeness (QED) is 0.611. The Hall–Kier alpha value is -2.65. The van der Waals surface area contributed by atoms with E-state index in [4.69, 9.17) is 10.3 Å². The Morgan fingerprint density at radius 2 is 2.19 bits per heavy atom. The van der Waals surface area contributed by atoms with Crippen LogP contribution in [0.3, 0.4) is 0 Å². The van der Waals surface area contributed by atoms with E-state index in [1.807, 2.05) is 19.2 Å². The molecular weight excluding hydrogens is 370 g/mol. The highest BCUT2D eigenvalue weighted by Crippen LogP contribution is 2.28. The number of halogens is 1. The second-order valence-corrected chi connectivity index (χ2v) is 6.69. The fourth-order valence-corrected chi connectivity index (χ4v) is 3.30. The maximum absolute atomic E-state index is 12.6. The number of nitrogens with one attached hydrogen (secondary N) is 2. The molecule has 9 nitrogen and oxygen atoms in total. The minimum absolute atomic E-state index is 0. The van der Waals surface area contributed by atoms with Crippen molar-refractivity contribution in [2.45, 2.75) is 31.8 Å². The van der Waals surface area contributed by atoms with E-state index in [-0.39, 0.29) is 18.3 Å². The molecule has 0 spiro atoms. The largest absolute Gasteiger partial charge is 0.361 e. The highest BCUT2D eigenvalue weighted by molar-refractivity contribution is 5.88. The first-order valence-corrected chi connectivity index (χ1v) is 8.58. The maximum atomic E-state index is 12.6. The summed E-state index contributed by atoms with van der Waals surface area (Å²) in [7, 11) is 0. The van der Waals surface area contributed by atoms with Crippen molar-refractivity contribution in [2.24, 2.45) is 5.73 Å². The lowest BCUT2D eigenvalue weighted by molar-refractivity contribution is -0.127. The van der Waals surface area contributed by atoms with Gasteiger partial charge in [-0.25, -0.2) is 9.97 Å². The fourth-order valence-electron chi connectivity index (χ4n) is 3.30. The number of hydrogen-bond donors (Lipinski definition) is 3. The van der Waals surface area contributed by atoms with Crippen LogP contribution in [0.1, 0.15) is 24.3 Å². The Kier molecular flexibility index (Phi) is 5.33. The molecule has 4 N–H and O–H groups in total. The molecule has 0 atom stereocenters. The van der Waals surface area contributed by atoms with Crippen molar-refractivity contribution >= 4 is 35.2 Å². The van der Waals surface area contributed by atoms with E-state index < -0.39 is 5.54 Å². The number of piperidine rings is 1. The number of rotatable bonds is 4. The molecule has 0 saturated carbocycles. The van der Waals surface area contributed by atoms with Gasteiger partial charge >= 0.3 is 0 Å². The van der Waals surface area contributed by atoms with Gasteiger partial charge in [-0.3, -0.25) is 4.79 Å². The molecule has 4 rings (SSSR count). The Morgan fingerprint density at radius 3 is 2.89 bits per heavy atom. The molecule has 1 amide bonds. The number of carbonyl (C=O) groups is 1. The predicted molar refractivity (Wildman–Crippen MR) is 103 cm³/mol. The lowest BCUT2D eigenvalue weighted by Crippen LogP contribution is -2.59. The molecule has 3 aromatic heterocycles. The zero-order valence-corrected chi connectivity index (χ0v) is 15.8. The van der Waals surface area contributed by atoms with Crippen LogP contribution in [0.15, 0.2) is 29.2 Å². The van der Waals surface area contributed by atoms with Gasteiger partial charge < -0.3 is 25.5 Å². The number of nitrogens with zero attached hydrogens (tertiary/aromatic N) is 4. The summed E-state index contributed by atoms with van der Waals surface area (Å²) in [6, 6.07) is 3.75. The van der Waals surface area contributed by atoms with E-state index in [1.54, 1.807) is 12.4 Å². The van der Waals surface area contributed by atoms with E-state index in [0.717, 1.165) is 16.9 Å². The molecule has 0 aromatic carbocycles. The highest BCUT2D eigenvalue weighted by atomic mass is 35.5. The summed E-state index contributed by atoms with van der Waals surface area (Å²) in [6.07, 6.45) is 4.49. The van der Waals surface area contributed by atoms with Crippen molar-refractivity contribution in [3.63, 3.8) is 0 Å². The zero-order valence-electron chi connectivity index (χ0n) is 14.9. The standard InChI is InChI=1S/C17H21N7O2.ClH/c1-11-8-12(23-26-11)9-20-16(25)17(18)3-6-24(7-4-17)15-13-2-5-19-14(13)21-10-22-15;/h2,5,8,10H,3-4,6-7,9,18H2,1H3,(H,20,25)(H,19,21,22);1H. The molecular formula is C17H22ClN7O2. The van der Waals surface area contributed by atoms with Gasteiger partial charge in [0.05, 0.1) is 17.5 Å². The van der Waals surface area contributed by atoms with Crippen molar-refractivity contribution in [3.05, 3.63) is 36.1 Å². The van der Waals surface area contributed by atoms with Crippen molar-refractivity contribution < 1.29 is 9.32 Å². The fraction of sp³-hybridized carbons (Fsp3) is 0.412. The summed E-state index contributed by atoms with van der Waals surface area (Å²) in [5.74, 6) is 1.43. The van der Waals surface area contributed by atoms with Crippen molar-refractivity contribution in [1.82, 2.24) is 25.4 Å². The van der Waals surface area contributed by atoms with Crippen LogP contribution in [0.25, 0.3) is 11.0 Å². The SMILES string of the molecule is Cc1cc(CNC(=O)C2(N)CCN(c3ncnc4[nH]ccc34)CC2)no1.Cl. The Bertz CT molecular complexity index is 930. The van der Waals surface area contributed by atoms with Crippen LogP contribution in [0.4, 0.5) is 5.82 Å². The summed E-state index contributed by atoms with van der Waals surface area (Å²) in [5, 5.41) is 7.72. The molecule has 1 aliphatic rings. The van der Waals surface area contributed by atoms with E-state index in [0.29, 0.717) is 43.9 Å². The van der Waals surface area contributed by atoms with Crippen LogP contribution in [-0.2, 0) is 11.3 Å². The second-order valence-electron chi connectivity index (χ2n) is 6.69.